The van der Waals surface area contributed by atoms with Crippen LogP contribution in [0, 0.1) is 4.91 Å². The third-order valence-electron chi connectivity index (χ3n) is 2.03. The van der Waals surface area contributed by atoms with Crippen LogP contribution in [0.2, 0.25) is 0 Å². The van der Waals surface area contributed by atoms with Crippen LogP contribution >= 0.6 is 0 Å². The first kappa shape index (κ1) is 12.1. The summed E-state index contributed by atoms with van der Waals surface area (Å²) in [6, 6.07) is -0.116. The molecular weight excluding hydrogens is 162 g/mol. The lowest BCUT2D eigenvalue weighted by Gasteiger charge is -2.06. The Morgan fingerprint density at radius 2 is 2.23 bits per heavy atom. The summed E-state index contributed by atoms with van der Waals surface area (Å²) in [6.45, 7) is 6.04. The van der Waals surface area contributed by atoms with Crippen LogP contribution < -0.4 is 0 Å². The van der Waals surface area contributed by atoms with E-state index in [9.17, 15) is 4.91 Å². The van der Waals surface area contributed by atoms with Crippen molar-refractivity contribution in [2.24, 2.45) is 5.18 Å². The predicted octanol–water partition coefficient (Wildman–Crippen LogP) is 3.83. The smallest absolute Gasteiger partial charge is 0.113 e. The van der Waals surface area contributed by atoms with Gasteiger partial charge in [-0.3, -0.25) is 0 Å². The van der Waals surface area contributed by atoms with Gasteiger partial charge in [0, 0.05) is 0 Å². The van der Waals surface area contributed by atoms with Crippen LogP contribution in [0.25, 0.3) is 0 Å². The van der Waals surface area contributed by atoms with Crippen LogP contribution in [0.15, 0.2) is 29.0 Å². The van der Waals surface area contributed by atoms with E-state index in [0.717, 1.165) is 24.8 Å². The second-order valence-electron chi connectivity index (χ2n) is 3.16. The van der Waals surface area contributed by atoms with Gasteiger partial charge in [-0.15, -0.1) is 0 Å². The van der Waals surface area contributed by atoms with E-state index in [1.54, 1.807) is 0 Å². The van der Waals surface area contributed by atoms with Crippen molar-refractivity contribution in [2.45, 2.75) is 46.1 Å². The van der Waals surface area contributed by atoms with E-state index in [-0.39, 0.29) is 6.04 Å². The number of allylic oxidation sites excluding steroid dienone is 3. The summed E-state index contributed by atoms with van der Waals surface area (Å²) in [6.07, 6.45) is 8.91. The lowest BCUT2D eigenvalue weighted by molar-refractivity contribution is 0.669. The Labute approximate surface area is 80.7 Å². The maximum Gasteiger partial charge on any atom is 0.113 e. The molecular formula is C11H19NO. The minimum Gasteiger partial charge on any atom is -0.150 e. The number of nitroso groups, excluding NO2 is 1. The second-order valence-corrected chi connectivity index (χ2v) is 3.16. The van der Waals surface area contributed by atoms with Crippen LogP contribution in [0.4, 0.5) is 0 Å². The lowest BCUT2D eigenvalue weighted by Crippen LogP contribution is -2.04. The Balaban J connectivity index is 4.09. The zero-order valence-electron chi connectivity index (χ0n) is 8.79. The molecule has 0 amide bonds. The molecule has 0 saturated carbocycles. The molecule has 0 N–H and O–H groups in total. The molecule has 1 unspecified atom stereocenters. The summed E-state index contributed by atoms with van der Waals surface area (Å²) >= 11 is 0. The quantitative estimate of drug-likeness (QED) is 0.452. The van der Waals surface area contributed by atoms with Crippen molar-refractivity contribution in [1.82, 2.24) is 0 Å². The molecule has 0 spiro atoms. The maximum atomic E-state index is 10.5. The van der Waals surface area contributed by atoms with E-state index in [1.807, 2.05) is 19.9 Å². The summed E-state index contributed by atoms with van der Waals surface area (Å²) < 4.78 is 0. The van der Waals surface area contributed by atoms with Crippen molar-refractivity contribution in [3.05, 3.63) is 28.7 Å². The highest BCUT2D eigenvalue weighted by Crippen LogP contribution is 2.12. The Morgan fingerprint density at radius 1 is 1.54 bits per heavy atom. The topological polar surface area (TPSA) is 29.4 Å². The van der Waals surface area contributed by atoms with Gasteiger partial charge >= 0.3 is 0 Å². The van der Waals surface area contributed by atoms with Gasteiger partial charge < -0.3 is 0 Å². The molecule has 13 heavy (non-hydrogen) atoms. The molecule has 0 heterocycles. The van der Waals surface area contributed by atoms with Crippen molar-refractivity contribution >= 4 is 0 Å². The molecule has 0 bridgehead atoms. The Hall–Kier alpha value is -0.920. The van der Waals surface area contributed by atoms with Gasteiger partial charge in [0.05, 0.1) is 0 Å². The fourth-order valence-corrected chi connectivity index (χ4v) is 1.16. The molecule has 0 saturated heterocycles. The first-order valence-electron chi connectivity index (χ1n) is 4.86. The second kappa shape index (κ2) is 7.71. The standard InChI is InChI=1S/C11H19NO/c1-4-6-7-9-10(3)11(12-13)8-5-2/h4,6,9,11H,5,7-8H2,1-3H3/b6-4+,10-9-. The molecule has 0 aliphatic carbocycles. The first-order chi connectivity index (χ1) is 6.26. The molecule has 2 heteroatoms. The van der Waals surface area contributed by atoms with Crippen molar-refractivity contribution in [1.29, 1.82) is 0 Å². The molecule has 0 aliphatic rings. The Bertz CT molecular complexity index is 194. The number of hydrogen-bond donors (Lipinski definition) is 0. The number of rotatable bonds is 6. The van der Waals surface area contributed by atoms with Crippen LogP contribution in [0.5, 0.6) is 0 Å². The van der Waals surface area contributed by atoms with Gasteiger partial charge in [0.15, 0.2) is 0 Å². The van der Waals surface area contributed by atoms with Gasteiger partial charge in [-0.05, 0) is 32.3 Å². The van der Waals surface area contributed by atoms with E-state index in [1.165, 1.54) is 0 Å². The van der Waals surface area contributed by atoms with Crippen molar-refractivity contribution in [3.63, 3.8) is 0 Å². The van der Waals surface area contributed by atoms with Crippen molar-refractivity contribution in [3.8, 4) is 0 Å². The average molecular weight is 181 g/mol. The summed E-state index contributed by atoms with van der Waals surface area (Å²) in [5.41, 5.74) is 1.09. The predicted molar refractivity (Wildman–Crippen MR) is 57.7 cm³/mol. The zero-order chi connectivity index (χ0) is 10.1. The van der Waals surface area contributed by atoms with Crippen molar-refractivity contribution < 1.29 is 0 Å². The van der Waals surface area contributed by atoms with Crippen LogP contribution in [-0.2, 0) is 0 Å². The van der Waals surface area contributed by atoms with Gasteiger partial charge in [0.25, 0.3) is 0 Å². The summed E-state index contributed by atoms with van der Waals surface area (Å²) in [5.74, 6) is 0. The fourth-order valence-electron chi connectivity index (χ4n) is 1.16. The van der Waals surface area contributed by atoms with Gasteiger partial charge in [-0.1, -0.05) is 36.7 Å². The maximum absolute atomic E-state index is 10.5. The molecule has 0 aromatic carbocycles. The van der Waals surface area contributed by atoms with Crippen LogP contribution in [0.3, 0.4) is 0 Å². The van der Waals surface area contributed by atoms with E-state index in [4.69, 9.17) is 0 Å². The van der Waals surface area contributed by atoms with E-state index in [0.29, 0.717) is 0 Å². The third kappa shape index (κ3) is 5.34. The van der Waals surface area contributed by atoms with E-state index in [2.05, 4.69) is 24.3 Å². The van der Waals surface area contributed by atoms with Crippen LogP contribution in [-0.4, -0.2) is 6.04 Å². The SMILES string of the molecule is C/C=C/C/C=C(/C)C(CCC)N=O. The largest absolute Gasteiger partial charge is 0.150 e. The third-order valence-corrected chi connectivity index (χ3v) is 2.03. The summed E-state index contributed by atoms with van der Waals surface area (Å²) in [7, 11) is 0. The summed E-state index contributed by atoms with van der Waals surface area (Å²) in [4.78, 5) is 10.5. The summed E-state index contributed by atoms with van der Waals surface area (Å²) in [5, 5.41) is 3.11. The minimum atomic E-state index is -0.116. The first-order valence-corrected chi connectivity index (χ1v) is 4.86. The molecule has 2 nitrogen and oxygen atoms in total. The highest BCUT2D eigenvalue weighted by atomic mass is 16.3. The van der Waals surface area contributed by atoms with E-state index >= 15 is 0 Å². The van der Waals surface area contributed by atoms with Crippen molar-refractivity contribution in [2.75, 3.05) is 0 Å². The molecule has 0 radical (unpaired) electrons. The number of nitrogens with zero attached hydrogens (tertiary/aromatic N) is 1. The molecule has 0 rings (SSSR count). The molecule has 74 valence electrons. The van der Waals surface area contributed by atoms with Gasteiger partial charge in [-0.25, -0.2) is 0 Å². The normalized spacial score (nSPS) is 14.8. The van der Waals surface area contributed by atoms with Crippen LogP contribution in [0.1, 0.15) is 40.0 Å². The zero-order valence-corrected chi connectivity index (χ0v) is 8.79. The molecule has 0 aliphatic heterocycles. The Morgan fingerprint density at radius 3 is 2.69 bits per heavy atom. The number of hydrogen-bond acceptors (Lipinski definition) is 2. The minimum absolute atomic E-state index is 0.116. The molecule has 0 aromatic rings. The fraction of sp³-hybridized carbons (Fsp3) is 0.636. The highest BCUT2D eigenvalue weighted by molar-refractivity contribution is 5.09. The lowest BCUT2D eigenvalue weighted by atomic mass is 10.0. The van der Waals surface area contributed by atoms with Gasteiger partial charge in [0.2, 0.25) is 0 Å². The molecule has 0 fully saturated rings. The van der Waals surface area contributed by atoms with E-state index < -0.39 is 0 Å². The van der Waals surface area contributed by atoms with Gasteiger partial charge in [0.1, 0.15) is 6.04 Å². The average Bonchev–Trinajstić information content (AvgIpc) is 2.14. The molecule has 1 atom stereocenters. The monoisotopic (exact) mass is 181 g/mol. The highest BCUT2D eigenvalue weighted by Gasteiger charge is 2.08. The Kier molecular flexibility index (Phi) is 7.17. The molecule has 0 aromatic heterocycles. The van der Waals surface area contributed by atoms with Gasteiger partial charge in [-0.2, -0.15) is 4.91 Å².